The van der Waals surface area contributed by atoms with Crippen LogP contribution in [0.15, 0.2) is 35.0 Å². The van der Waals surface area contributed by atoms with E-state index < -0.39 is 43.5 Å². The van der Waals surface area contributed by atoms with Gasteiger partial charge in [-0.05, 0) is 35.8 Å². The van der Waals surface area contributed by atoms with E-state index in [0.717, 1.165) is 0 Å². The highest BCUT2D eigenvalue weighted by Crippen LogP contribution is 2.44. The third-order valence-electron chi connectivity index (χ3n) is 5.47. The monoisotopic (exact) mass is 369 g/mol. The Labute approximate surface area is 148 Å². The zero-order valence-electron chi connectivity index (χ0n) is 15.3. The summed E-state index contributed by atoms with van der Waals surface area (Å²) in [6.07, 6.45) is -2.29. The Morgan fingerprint density at radius 2 is 1.92 bits per heavy atom. The van der Waals surface area contributed by atoms with Crippen LogP contribution >= 0.6 is 0 Å². The molecule has 1 fully saturated rings. The Hall–Kier alpha value is -1.48. The van der Waals surface area contributed by atoms with E-state index in [9.17, 15) is 20.3 Å². The van der Waals surface area contributed by atoms with Gasteiger partial charge in [-0.25, -0.2) is 0 Å². The maximum Gasteiger partial charge on any atom is 0.253 e. The first-order chi connectivity index (χ1) is 11.4. The number of aliphatic hydroxyl groups excluding tert-OH is 2. The largest absolute Gasteiger partial charge is 0.469 e. The van der Waals surface area contributed by atoms with Gasteiger partial charge in [-0.3, -0.25) is 10.1 Å². The molecule has 0 aromatic carbocycles. The molecule has 0 bridgehead atoms. The molecule has 25 heavy (non-hydrogen) atoms. The highest BCUT2D eigenvalue weighted by Gasteiger charge is 2.57. The fourth-order valence-electron chi connectivity index (χ4n) is 2.90. The number of hydrogen-bond acceptors (Lipinski definition) is 6. The van der Waals surface area contributed by atoms with Crippen LogP contribution in [0, 0.1) is 10.1 Å². The number of aliphatic hydroxyl groups is 2. The molecular formula is C17H27NO6Si. The molecule has 1 aromatic heterocycles. The van der Waals surface area contributed by atoms with E-state index in [1.165, 1.54) is 6.26 Å². The van der Waals surface area contributed by atoms with Crippen molar-refractivity contribution in [1.29, 1.82) is 0 Å². The van der Waals surface area contributed by atoms with Crippen LogP contribution in [-0.4, -0.2) is 47.8 Å². The number of hydrogen-bond donors (Lipinski definition) is 2. The summed E-state index contributed by atoms with van der Waals surface area (Å²) in [4.78, 5) is 11.4. The van der Waals surface area contributed by atoms with Gasteiger partial charge in [0.1, 0.15) is 23.9 Å². The lowest BCUT2D eigenvalue weighted by molar-refractivity contribution is -0.544. The summed E-state index contributed by atoms with van der Waals surface area (Å²) in [5.41, 5.74) is 0.114. The summed E-state index contributed by atoms with van der Waals surface area (Å²) in [5, 5.41) is 32.7. The van der Waals surface area contributed by atoms with Gasteiger partial charge in [-0.1, -0.05) is 27.4 Å². The van der Waals surface area contributed by atoms with E-state index in [2.05, 4.69) is 6.58 Å². The van der Waals surface area contributed by atoms with Crippen LogP contribution in [0.4, 0.5) is 0 Å². The molecule has 7 nitrogen and oxygen atoms in total. The number of nitrogens with zero attached hydrogens (tertiary/aromatic N) is 1. The molecule has 2 N–H and O–H groups in total. The maximum atomic E-state index is 11.9. The average molecular weight is 369 g/mol. The minimum atomic E-state index is -2.41. The van der Waals surface area contributed by atoms with Crippen molar-refractivity contribution in [2.24, 2.45) is 0 Å². The van der Waals surface area contributed by atoms with Gasteiger partial charge in [-0.2, -0.15) is 0 Å². The molecule has 5 atom stereocenters. The Morgan fingerprint density at radius 3 is 2.36 bits per heavy atom. The summed E-state index contributed by atoms with van der Waals surface area (Å²) in [5.74, 6) is -0.679. The summed E-state index contributed by atoms with van der Waals surface area (Å²) < 4.78 is 11.5. The normalized spacial score (nSPS) is 31.2. The topological polar surface area (TPSA) is 106 Å². The molecule has 0 saturated heterocycles. The minimum absolute atomic E-state index is 0.114. The van der Waals surface area contributed by atoms with Gasteiger partial charge in [0.25, 0.3) is 6.04 Å². The van der Waals surface area contributed by atoms with E-state index in [0.29, 0.717) is 0 Å². The molecule has 2 rings (SSSR count). The molecule has 140 valence electrons. The highest BCUT2D eigenvalue weighted by atomic mass is 28.4. The fraction of sp³-hybridized carbons (Fsp3) is 0.647. The summed E-state index contributed by atoms with van der Waals surface area (Å²) in [6.45, 7) is 13.7. The van der Waals surface area contributed by atoms with E-state index in [1.807, 2.05) is 33.9 Å². The van der Waals surface area contributed by atoms with Gasteiger partial charge in [0.15, 0.2) is 8.32 Å². The number of furan rings is 1. The van der Waals surface area contributed by atoms with Crippen LogP contribution in [0.2, 0.25) is 18.1 Å². The second-order valence-corrected chi connectivity index (χ2v) is 12.9. The zero-order valence-corrected chi connectivity index (χ0v) is 16.3. The number of rotatable bonds is 4. The molecule has 1 aromatic rings. The predicted molar refractivity (Wildman–Crippen MR) is 95.5 cm³/mol. The Bertz CT molecular complexity index is 636. The maximum absolute atomic E-state index is 11.9. The smallest absolute Gasteiger partial charge is 0.253 e. The van der Waals surface area contributed by atoms with Crippen LogP contribution in [0.3, 0.4) is 0 Å². The lowest BCUT2D eigenvalue weighted by Crippen LogP contribution is -2.60. The van der Waals surface area contributed by atoms with Crippen LogP contribution < -0.4 is 0 Å². The van der Waals surface area contributed by atoms with Crippen LogP contribution in [0.5, 0.6) is 0 Å². The molecule has 0 radical (unpaired) electrons. The van der Waals surface area contributed by atoms with Crippen LogP contribution in [0.1, 0.15) is 32.4 Å². The molecule has 1 saturated carbocycles. The van der Waals surface area contributed by atoms with Gasteiger partial charge in [0, 0.05) is 4.92 Å². The molecule has 1 aliphatic rings. The molecular weight excluding hydrogens is 342 g/mol. The third kappa shape index (κ3) is 3.57. The summed E-state index contributed by atoms with van der Waals surface area (Å²) in [6, 6.07) is 1.85. The van der Waals surface area contributed by atoms with E-state index >= 15 is 0 Å². The lowest BCUT2D eigenvalue weighted by atomic mass is 9.75. The Morgan fingerprint density at radius 1 is 1.32 bits per heavy atom. The molecule has 0 unspecified atom stereocenters. The van der Waals surface area contributed by atoms with Crippen molar-refractivity contribution in [2.45, 2.75) is 69.2 Å². The zero-order chi connectivity index (χ0) is 19.2. The molecule has 1 aliphatic carbocycles. The second-order valence-electron chi connectivity index (χ2n) is 8.12. The van der Waals surface area contributed by atoms with Gasteiger partial charge in [0.05, 0.1) is 12.4 Å². The van der Waals surface area contributed by atoms with E-state index in [4.69, 9.17) is 8.84 Å². The van der Waals surface area contributed by atoms with Crippen molar-refractivity contribution in [3.63, 3.8) is 0 Å². The second kappa shape index (κ2) is 6.68. The van der Waals surface area contributed by atoms with Gasteiger partial charge in [0.2, 0.25) is 0 Å². The van der Waals surface area contributed by atoms with Crippen LogP contribution in [-0.2, 0) is 4.43 Å². The van der Waals surface area contributed by atoms with Crippen molar-refractivity contribution in [3.05, 3.63) is 46.4 Å². The number of nitro groups is 1. The molecule has 0 aliphatic heterocycles. The third-order valence-corrected chi connectivity index (χ3v) is 9.94. The standard InChI is InChI=1S/C17H27NO6Si/c1-10-14(19)12(11-8-7-9-23-11)13(18(21)22)16(15(10)20)24-25(5,6)17(2,3)4/h7-9,12-16,19-20H,1H2,2-6H3/t12-,13-,14+,15-,16+/m1/s1. The summed E-state index contributed by atoms with van der Waals surface area (Å²) >= 11 is 0. The SMILES string of the molecule is C=C1[C@@H](O)[C@@H](O[Si](C)(C)C(C)(C)C)[C@H]([N+](=O)[O-])[C@@H](c2ccco2)[C@H]1O. The lowest BCUT2D eigenvalue weighted by Gasteiger charge is -2.45. The van der Waals surface area contributed by atoms with Crippen molar-refractivity contribution < 1.29 is 24.0 Å². The van der Waals surface area contributed by atoms with Gasteiger partial charge in [-0.15, -0.1) is 0 Å². The molecule has 0 amide bonds. The van der Waals surface area contributed by atoms with Crippen LogP contribution in [0.25, 0.3) is 0 Å². The molecule has 8 heteroatoms. The van der Waals surface area contributed by atoms with Crippen molar-refractivity contribution >= 4 is 8.32 Å². The quantitative estimate of drug-likeness (QED) is 0.366. The van der Waals surface area contributed by atoms with E-state index in [1.54, 1.807) is 12.1 Å². The van der Waals surface area contributed by atoms with Crippen molar-refractivity contribution in [3.8, 4) is 0 Å². The van der Waals surface area contributed by atoms with Crippen molar-refractivity contribution in [2.75, 3.05) is 0 Å². The predicted octanol–water partition coefficient (Wildman–Crippen LogP) is 2.69. The average Bonchev–Trinajstić information content (AvgIpc) is 2.99. The molecule has 0 spiro atoms. The fourth-order valence-corrected chi connectivity index (χ4v) is 4.20. The van der Waals surface area contributed by atoms with Crippen molar-refractivity contribution in [1.82, 2.24) is 0 Å². The molecule has 1 heterocycles. The van der Waals surface area contributed by atoms with Gasteiger partial charge < -0.3 is 19.1 Å². The Kier molecular flexibility index (Phi) is 5.30. The van der Waals surface area contributed by atoms with Gasteiger partial charge >= 0.3 is 0 Å². The highest BCUT2D eigenvalue weighted by molar-refractivity contribution is 6.74. The van der Waals surface area contributed by atoms with E-state index in [-0.39, 0.29) is 16.4 Å². The minimum Gasteiger partial charge on any atom is -0.469 e. The summed E-state index contributed by atoms with van der Waals surface area (Å²) in [7, 11) is -2.41. The Balaban J connectivity index is 2.48. The first kappa shape index (κ1) is 19.8. The first-order valence-corrected chi connectivity index (χ1v) is 11.2. The first-order valence-electron chi connectivity index (χ1n) is 8.28.